The summed E-state index contributed by atoms with van der Waals surface area (Å²) in [4.78, 5) is 30.4. The summed E-state index contributed by atoms with van der Waals surface area (Å²) >= 11 is 1.64. The van der Waals surface area contributed by atoms with Crippen molar-refractivity contribution in [3.05, 3.63) is 120 Å². The largest absolute Gasteiger partial charge is 0.268 e. The molecule has 0 bridgehead atoms. The maximum atomic E-state index is 13.5. The minimum Gasteiger partial charge on any atom is -0.268 e. The van der Waals surface area contributed by atoms with Crippen LogP contribution in [0.25, 0.3) is 16.3 Å². The van der Waals surface area contributed by atoms with Crippen molar-refractivity contribution in [1.29, 1.82) is 0 Å². The van der Waals surface area contributed by atoms with Crippen LogP contribution < -0.4 is 4.90 Å². The highest BCUT2D eigenvalue weighted by atomic mass is 32.2. The smallest absolute Gasteiger partial charge is 0.265 e. The summed E-state index contributed by atoms with van der Waals surface area (Å²) in [5, 5.41) is 1.66. The second kappa shape index (κ2) is 7.91. The Morgan fingerprint density at radius 2 is 1.48 bits per heavy atom. The fraction of sp³-hybridized carbons (Fsp3) is 0.0345. The Bertz CT molecular complexity index is 1460. The highest BCUT2D eigenvalue weighted by molar-refractivity contribution is 7.99. The lowest BCUT2D eigenvalue weighted by Gasteiger charge is -2.28. The van der Waals surface area contributed by atoms with Gasteiger partial charge in [0.25, 0.3) is 11.8 Å². The number of anilines is 1. The first-order chi connectivity index (χ1) is 16.2. The van der Waals surface area contributed by atoms with Gasteiger partial charge in [-0.05, 0) is 65.4 Å². The predicted molar refractivity (Wildman–Crippen MR) is 134 cm³/mol. The molecule has 1 heterocycles. The first-order valence-electron chi connectivity index (χ1n) is 10.9. The van der Waals surface area contributed by atoms with Crippen LogP contribution in [0.15, 0.2) is 113 Å². The highest BCUT2D eigenvalue weighted by Crippen LogP contribution is 2.39. The molecule has 158 valence electrons. The Morgan fingerprint density at radius 1 is 0.727 bits per heavy atom. The van der Waals surface area contributed by atoms with Crippen LogP contribution in [0.3, 0.4) is 0 Å². The number of amides is 2. The lowest BCUT2D eigenvalue weighted by molar-refractivity contribution is 0.0893. The van der Waals surface area contributed by atoms with E-state index in [4.69, 9.17) is 0 Å². The lowest BCUT2D eigenvalue weighted by Crippen LogP contribution is -2.40. The fourth-order valence-corrected chi connectivity index (χ4v) is 5.45. The van der Waals surface area contributed by atoms with E-state index in [1.54, 1.807) is 11.8 Å². The quantitative estimate of drug-likeness (QED) is 0.313. The van der Waals surface area contributed by atoms with Crippen LogP contribution in [-0.2, 0) is 0 Å². The van der Waals surface area contributed by atoms with Gasteiger partial charge in [0.2, 0.25) is 0 Å². The Labute approximate surface area is 196 Å². The zero-order valence-corrected chi connectivity index (χ0v) is 18.5. The van der Waals surface area contributed by atoms with E-state index in [2.05, 4.69) is 30.4 Å². The summed E-state index contributed by atoms with van der Waals surface area (Å²) < 4.78 is 0. The Balaban J connectivity index is 1.42. The number of hydrogen-bond donors (Lipinski definition) is 0. The van der Waals surface area contributed by atoms with Gasteiger partial charge < -0.3 is 0 Å². The number of allylic oxidation sites excluding steroid dienone is 4. The topological polar surface area (TPSA) is 37.4 Å². The number of benzene rings is 4. The summed E-state index contributed by atoms with van der Waals surface area (Å²) in [5.74, 6) is -0.569. The van der Waals surface area contributed by atoms with Crippen molar-refractivity contribution >= 4 is 45.6 Å². The zero-order chi connectivity index (χ0) is 22.4. The molecule has 1 aliphatic carbocycles. The van der Waals surface area contributed by atoms with Crippen molar-refractivity contribution in [2.75, 3.05) is 4.90 Å². The minimum atomic E-state index is -0.285. The van der Waals surface area contributed by atoms with Gasteiger partial charge in [-0.3, -0.25) is 9.59 Å². The number of rotatable bonds is 4. The molecule has 0 spiro atoms. The molecule has 0 saturated heterocycles. The molecular formula is C29H19NO2S. The molecule has 3 nitrogen and oxygen atoms in total. The maximum Gasteiger partial charge on any atom is 0.265 e. The van der Waals surface area contributed by atoms with Crippen molar-refractivity contribution in [3.63, 3.8) is 0 Å². The maximum absolute atomic E-state index is 13.5. The highest BCUT2D eigenvalue weighted by Gasteiger charge is 2.34. The van der Waals surface area contributed by atoms with E-state index in [9.17, 15) is 9.59 Å². The van der Waals surface area contributed by atoms with E-state index in [0.29, 0.717) is 16.8 Å². The molecule has 0 N–H and O–H groups in total. The number of imide groups is 1. The van der Waals surface area contributed by atoms with E-state index >= 15 is 0 Å². The summed E-state index contributed by atoms with van der Waals surface area (Å²) in [6, 6.07) is 27.3. The Kier molecular flexibility index (Phi) is 4.74. The monoisotopic (exact) mass is 445 g/mol. The zero-order valence-electron chi connectivity index (χ0n) is 17.7. The van der Waals surface area contributed by atoms with Gasteiger partial charge in [-0.2, -0.15) is 0 Å². The van der Waals surface area contributed by atoms with Crippen LogP contribution in [0.2, 0.25) is 0 Å². The molecule has 2 amide bonds. The van der Waals surface area contributed by atoms with E-state index in [1.807, 2.05) is 72.8 Å². The molecule has 0 saturated carbocycles. The van der Waals surface area contributed by atoms with E-state index in [-0.39, 0.29) is 11.8 Å². The van der Waals surface area contributed by atoms with Gasteiger partial charge in [0, 0.05) is 26.3 Å². The molecular weight excluding hydrogens is 426 g/mol. The van der Waals surface area contributed by atoms with E-state index < -0.39 is 0 Å². The fourth-order valence-electron chi connectivity index (χ4n) is 4.48. The number of carbonyl (C=O) groups is 2. The number of nitrogens with zero attached hydrogens (tertiary/aromatic N) is 1. The first kappa shape index (κ1) is 19.8. The molecule has 2 aliphatic rings. The van der Waals surface area contributed by atoms with Gasteiger partial charge in [0.15, 0.2) is 0 Å². The van der Waals surface area contributed by atoms with Crippen molar-refractivity contribution in [2.24, 2.45) is 0 Å². The van der Waals surface area contributed by atoms with Gasteiger partial charge in [-0.15, -0.1) is 0 Å². The average Bonchev–Trinajstić information content (AvgIpc) is 3.39. The second-order valence-corrected chi connectivity index (χ2v) is 9.16. The van der Waals surface area contributed by atoms with E-state index in [1.165, 1.54) is 4.90 Å². The molecule has 0 aromatic heterocycles. The van der Waals surface area contributed by atoms with Gasteiger partial charge in [-0.25, -0.2) is 4.90 Å². The molecule has 4 aromatic carbocycles. The third-order valence-electron chi connectivity index (χ3n) is 6.07. The molecule has 6 rings (SSSR count). The summed E-state index contributed by atoms with van der Waals surface area (Å²) in [5.41, 5.74) is 3.94. The summed E-state index contributed by atoms with van der Waals surface area (Å²) in [7, 11) is 0. The molecule has 4 heteroatoms. The van der Waals surface area contributed by atoms with Gasteiger partial charge in [-0.1, -0.05) is 72.5 Å². The molecule has 0 radical (unpaired) electrons. The van der Waals surface area contributed by atoms with Crippen LogP contribution in [-0.4, -0.2) is 11.8 Å². The third-order valence-corrected chi connectivity index (χ3v) is 7.15. The Hall–Kier alpha value is -3.89. The molecule has 0 atom stereocenters. The average molecular weight is 446 g/mol. The normalized spacial score (nSPS) is 14.8. The van der Waals surface area contributed by atoms with Crippen LogP contribution in [0.5, 0.6) is 0 Å². The van der Waals surface area contributed by atoms with Crippen molar-refractivity contribution in [1.82, 2.24) is 0 Å². The summed E-state index contributed by atoms with van der Waals surface area (Å²) in [6.45, 7) is 0. The molecule has 33 heavy (non-hydrogen) atoms. The molecule has 0 unspecified atom stereocenters. The standard InChI is InChI=1S/C29H19NO2S/c31-28-24-12-6-11-23-26(33-22-9-2-1-3-10-22)18-17-25(27(23)24)29(32)30(28)21-15-13-20(14-16-21)19-7-4-5-8-19/h1-4,6-18H,5H2. The van der Waals surface area contributed by atoms with Crippen LogP contribution >= 0.6 is 11.8 Å². The van der Waals surface area contributed by atoms with Crippen LogP contribution in [0, 0.1) is 0 Å². The molecule has 0 fully saturated rings. The van der Waals surface area contributed by atoms with E-state index in [0.717, 1.165) is 38.1 Å². The lowest BCUT2D eigenvalue weighted by atomic mass is 9.93. The van der Waals surface area contributed by atoms with Crippen molar-refractivity contribution in [3.8, 4) is 0 Å². The predicted octanol–water partition coefficient (Wildman–Crippen LogP) is 7.13. The van der Waals surface area contributed by atoms with Crippen molar-refractivity contribution in [2.45, 2.75) is 16.2 Å². The van der Waals surface area contributed by atoms with Crippen molar-refractivity contribution < 1.29 is 9.59 Å². The number of carbonyl (C=O) groups excluding carboxylic acids is 2. The van der Waals surface area contributed by atoms with Crippen LogP contribution in [0.4, 0.5) is 5.69 Å². The first-order valence-corrected chi connectivity index (χ1v) is 11.7. The van der Waals surface area contributed by atoms with Gasteiger partial charge >= 0.3 is 0 Å². The van der Waals surface area contributed by atoms with Crippen LogP contribution in [0.1, 0.15) is 32.7 Å². The number of hydrogen-bond acceptors (Lipinski definition) is 3. The molecule has 1 aliphatic heterocycles. The third kappa shape index (κ3) is 3.31. The van der Waals surface area contributed by atoms with Gasteiger partial charge in [0.05, 0.1) is 5.69 Å². The Morgan fingerprint density at radius 3 is 2.21 bits per heavy atom. The SMILES string of the molecule is O=C1c2cccc3c(Sc4ccccc4)ccc(c23)C(=O)N1c1ccc(C2=CCC=C2)cc1. The van der Waals surface area contributed by atoms with Gasteiger partial charge in [0.1, 0.15) is 0 Å². The minimum absolute atomic E-state index is 0.285. The second-order valence-electron chi connectivity index (χ2n) is 8.04. The molecule has 4 aromatic rings. The summed E-state index contributed by atoms with van der Waals surface area (Å²) in [6.07, 6.45) is 7.30.